The minimum Gasteiger partial charge on any atom is -0.481 e. The zero-order valence-corrected chi connectivity index (χ0v) is 34.0. The summed E-state index contributed by atoms with van der Waals surface area (Å²) in [5.41, 5.74) is 19.7. The second-order valence-electron chi connectivity index (χ2n) is 11.0. The maximum absolute atomic E-state index is 10.8. The van der Waals surface area contributed by atoms with Crippen LogP contribution in [0.3, 0.4) is 0 Å². The van der Waals surface area contributed by atoms with Crippen molar-refractivity contribution in [1.29, 1.82) is 0 Å². The second kappa shape index (κ2) is 42.8. The second-order valence-corrected chi connectivity index (χ2v) is 12.0. The molecule has 0 spiro atoms. The smallest absolute Gasteiger partial charge is 0.375 e. The maximum atomic E-state index is 10.8. The van der Waals surface area contributed by atoms with Gasteiger partial charge in [0.1, 0.15) is 55.3 Å². The minimum absolute atomic E-state index is 0.0208. The van der Waals surface area contributed by atoms with E-state index in [1.165, 1.54) is 14.0 Å². The van der Waals surface area contributed by atoms with E-state index in [4.69, 9.17) is 73.4 Å². The van der Waals surface area contributed by atoms with Gasteiger partial charge in [0.15, 0.2) is 18.2 Å². The summed E-state index contributed by atoms with van der Waals surface area (Å²) in [5.74, 6) is -6.75. The van der Waals surface area contributed by atoms with Gasteiger partial charge in [-0.1, -0.05) is 13.8 Å². The third kappa shape index (κ3) is 40.4. The highest BCUT2D eigenvalue weighted by Crippen LogP contribution is 2.07. The Kier molecular flexibility index (Phi) is 50.8. The standard InChI is InChI=1S/C9H14O7.C6H12O6.C5H11NO2S.C5H11NO2.C4H7NO4.CH5N.CH4O/c1-4(11)7(13)8(14)6(3-10)16-9(15)5(2)12;7-1-3(9)5(11)6(12)4(10)2-8;1-9-3-2-4(6)5(7)8;1-3(2)4(6)5(7)8;5-2(4(8)9)1-3(6)7;2*1-2/h3-4,6-8,11,13-14H,1-2H3;3,5-9,11-12H,1-2H2;4H,2-3,6H2,1H3,(H,7,8);3-4H,6H2,1-2H3,(H,7,8);2H,1,5H2,(H,6,7)(H,8,9);2H2,1H3;2H,1H3/t4-,6-,7-,8-;3-,5+,6+;2*4-;2-;;/m11000../s1. The molecular weight excluding hydrogens is 812 g/mol. The van der Waals surface area contributed by atoms with Crippen molar-refractivity contribution < 1.29 is 109 Å². The van der Waals surface area contributed by atoms with Crippen molar-refractivity contribution in [2.75, 3.05) is 39.4 Å². The van der Waals surface area contributed by atoms with Gasteiger partial charge in [0, 0.05) is 14.0 Å². The Morgan fingerprint density at radius 3 is 1.38 bits per heavy atom. The quantitative estimate of drug-likeness (QED) is 0.0307. The number of rotatable bonds is 20. The monoisotopic (exact) mass is 876 g/mol. The van der Waals surface area contributed by atoms with Gasteiger partial charge in [0.05, 0.1) is 19.1 Å². The first-order valence-corrected chi connectivity index (χ1v) is 17.7. The molecule has 0 aliphatic rings. The number of ketones is 2. The zero-order chi connectivity index (χ0) is 48.0. The number of aldehydes is 1. The van der Waals surface area contributed by atoms with E-state index in [9.17, 15) is 48.6 Å². The number of aliphatic carboxylic acids is 4. The van der Waals surface area contributed by atoms with Crippen LogP contribution in [0.25, 0.3) is 0 Å². The summed E-state index contributed by atoms with van der Waals surface area (Å²) in [6.07, 6.45) is -9.66. The van der Waals surface area contributed by atoms with Crippen LogP contribution in [0.2, 0.25) is 0 Å². The Balaban J connectivity index is -0.000000112. The number of esters is 1. The predicted molar refractivity (Wildman–Crippen MR) is 203 cm³/mol. The normalized spacial score (nSPS) is 14.9. The number of aliphatic hydroxyl groups excluding tert-OH is 9. The van der Waals surface area contributed by atoms with E-state index in [1.807, 2.05) is 6.26 Å². The van der Waals surface area contributed by atoms with Crippen LogP contribution >= 0.6 is 11.8 Å². The summed E-state index contributed by atoms with van der Waals surface area (Å²) < 4.78 is 4.32. The summed E-state index contributed by atoms with van der Waals surface area (Å²) in [5, 5.41) is 110. The van der Waals surface area contributed by atoms with Gasteiger partial charge in [-0.05, 0) is 38.3 Å². The number of carboxylic acid groups (broad SMARTS) is 4. The minimum atomic E-state index is -1.86. The molecule has 0 fully saturated rings. The third-order valence-corrected chi connectivity index (χ3v) is 6.55. The number of hydrogen-bond donors (Lipinski definition) is 17. The van der Waals surface area contributed by atoms with Crippen molar-refractivity contribution in [3.63, 3.8) is 0 Å². The lowest BCUT2D eigenvalue weighted by Gasteiger charge is -2.24. The molecule has 0 bridgehead atoms. The fraction of sp³-hybridized carbons (Fsp3) is 0.742. The lowest BCUT2D eigenvalue weighted by atomic mass is 10.0. The number of thioether (sulfide) groups is 1. The molecular formula is C31H64N4O22S. The van der Waals surface area contributed by atoms with Gasteiger partial charge in [-0.15, -0.1) is 0 Å². The summed E-state index contributed by atoms with van der Waals surface area (Å²) in [6.45, 7) is 3.98. The molecule has 10 atom stereocenters. The molecule has 0 unspecified atom stereocenters. The average molecular weight is 877 g/mol. The van der Waals surface area contributed by atoms with E-state index < -0.39 is 122 Å². The number of carbonyl (C=O) groups is 8. The SMILES string of the molecule is CC(=O)C(=O)O[C@H](C=O)[C@@H](O)[C@H](O)[C@@H](C)O.CC(C)[C@H](N)C(=O)O.CN.CO.CSCC[C@H](N)C(=O)O.N[C@@H](CC(=O)O)C(=O)O.O=C(CO)[C@H](O)[C@@H](O)[C@H](O)CO. The van der Waals surface area contributed by atoms with Crippen molar-refractivity contribution in [3.05, 3.63) is 0 Å². The van der Waals surface area contributed by atoms with E-state index >= 15 is 0 Å². The van der Waals surface area contributed by atoms with Crippen LogP contribution in [-0.2, 0) is 43.1 Å². The highest BCUT2D eigenvalue weighted by atomic mass is 32.2. The molecule has 0 aromatic heterocycles. The molecule has 0 aliphatic heterocycles. The molecule has 0 amide bonds. The van der Waals surface area contributed by atoms with E-state index in [2.05, 4.69) is 10.5 Å². The Bertz CT molecular complexity index is 1140. The van der Waals surface area contributed by atoms with Crippen LogP contribution in [-0.4, -0.2) is 214 Å². The van der Waals surface area contributed by atoms with Crippen molar-refractivity contribution >= 4 is 59.5 Å². The van der Waals surface area contributed by atoms with E-state index in [-0.39, 0.29) is 12.2 Å². The summed E-state index contributed by atoms with van der Waals surface area (Å²) in [6, 6.07) is -2.69. The average Bonchev–Trinajstić information content (AvgIpc) is 3.18. The van der Waals surface area contributed by atoms with Gasteiger partial charge >= 0.3 is 29.8 Å². The van der Waals surface area contributed by atoms with E-state index in [1.54, 1.807) is 25.6 Å². The summed E-state index contributed by atoms with van der Waals surface area (Å²) in [4.78, 5) is 82.1. The first kappa shape index (κ1) is 68.8. The first-order chi connectivity index (χ1) is 26.6. The molecule has 0 heterocycles. The van der Waals surface area contributed by atoms with Gasteiger partial charge in [0.25, 0.3) is 0 Å². The molecule has 0 rings (SSSR count). The summed E-state index contributed by atoms with van der Waals surface area (Å²) in [7, 11) is 2.50. The van der Waals surface area contributed by atoms with Gasteiger partial charge in [-0.3, -0.25) is 33.6 Å². The van der Waals surface area contributed by atoms with Crippen LogP contribution in [0.4, 0.5) is 0 Å². The Morgan fingerprint density at radius 1 is 0.724 bits per heavy atom. The van der Waals surface area contributed by atoms with Gasteiger partial charge in [-0.2, -0.15) is 11.8 Å². The lowest BCUT2D eigenvalue weighted by molar-refractivity contribution is -0.169. The molecule has 0 aromatic rings. The zero-order valence-electron chi connectivity index (χ0n) is 33.2. The molecule has 346 valence electrons. The molecule has 0 radical (unpaired) electrons. The third-order valence-electron chi connectivity index (χ3n) is 5.90. The Labute approximate surface area is 338 Å². The van der Waals surface area contributed by atoms with Crippen LogP contribution in [0.15, 0.2) is 0 Å². The van der Waals surface area contributed by atoms with Gasteiger partial charge in [-0.25, -0.2) is 4.79 Å². The van der Waals surface area contributed by atoms with Crippen molar-refractivity contribution in [2.45, 2.75) is 101 Å². The fourth-order valence-corrected chi connectivity index (χ4v) is 2.89. The number of nitrogens with two attached hydrogens (primary N) is 4. The van der Waals surface area contributed by atoms with Crippen molar-refractivity contribution in [2.24, 2.45) is 28.9 Å². The van der Waals surface area contributed by atoms with Crippen LogP contribution in [0.5, 0.6) is 0 Å². The molecule has 58 heavy (non-hydrogen) atoms. The predicted octanol–water partition coefficient (Wildman–Crippen LogP) is -7.33. The lowest BCUT2D eigenvalue weighted by Crippen LogP contribution is -2.46. The van der Waals surface area contributed by atoms with Crippen LogP contribution in [0.1, 0.15) is 40.5 Å². The van der Waals surface area contributed by atoms with Gasteiger partial charge in [0.2, 0.25) is 5.78 Å². The number of ether oxygens (including phenoxy) is 1. The number of hydrogen-bond acceptors (Lipinski definition) is 23. The number of Topliss-reactive ketones (excluding diaryl/α,β-unsaturated/α-hetero) is 2. The van der Waals surface area contributed by atoms with Crippen molar-refractivity contribution in [3.8, 4) is 0 Å². The first-order valence-electron chi connectivity index (χ1n) is 16.3. The molecule has 0 saturated carbocycles. The van der Waals surface area contributed by atoms with Crippen LogP contribution in [0, 0.1) is 5.92 Å². The molecule has 0 aromatic carbocycles. The Hall–Kier alpha value is -3.81. The van der Waals surface area contributed by atoms with E-state index in [0.717, 1.165) is 19.8 Å². The molecule has 21 N–H and O–H groups in total. The molecule has 26 nitrogen and oxygen atoms in total. The largest absolute Gasteiger partial charge is 0.481 e. The number of aliphatic hydroxyl groups is 9. The number of carbonyl (C=O) groups excluding carboxylic acids is 4. The summed E-state index contributed by atoms with van der Waals surface area (Å²) >= 11 is 1.60. The molecule has 0 saturated heterocycles. The van der Waals surface area contributed by atoms with Crippen molar-refractivity contribution in [1.82, 2.24) is 0 Å². The molecule has 0 aliphatic carbocycles. The fourth-order valence-electron chi connectivity index (χ4n) is 2.40. The topological polar surface area (TPSA) is 513 Å². The number of carboxylic acids is 4. The van der Waals surface area contributed by atoms with E-state index in [0.29, 0.717) is 6.42 Å². The maximum Gasteiger partial charge on any atom is 0.375 e. The van der Waals surface area contributed by atoms with Gasteiger partial charge < -0.3 is 94.1 Å². The highest BCUT2D eigenvalue weighted by molar-refractivity contribution is 7.98. The van der Waals surface area contributed by atoms with Crippen LogP contribution < -0.4 is 22.9 Å². The molecule has 27 heteroatoms. The Morgan fingerprint density at radius 2 is 1.16 bits per heavy atom. The highest BCUT2D eigenvalue weighted by Gasteiger charge is 2.33.